The second kappa shape index (κ2) is 11.8. The molecular weight excluding hydrogens is 667 g/mol. The van der Waals surface area contributed by atoms with Gasteiger partial charge in [0.25, 0.3) is 0 Å². The van der Waals surface area contributed by atoms with Gasteiger partial charge in [0.1, 0.15) is 18.3 Å². The normalized spacial score (nSPS) is 25.7. The Morgan fingerprint density at radius 3 is 2.49 bits per heavy atom. The van der Waals surface area contributed by atoms with Gasteiger partial charge in [-0.05, 0) is 93.4 Å². The minimum atomic E-state index is -0.822. The van der Waals surface area contributed by atoms with E-state index in [1.807, 2.05) is 0 Å². The molecule has 7 aliphatic rings. The summed E-state index contributed by atoms with van der Waals surface area (Å²) in [6, 6.07) is 28.6. The van der Waals surface area contributed by atoms with Crippen LogP contribution in [-0.2, 0) is 0 Å². The second-order valence-electron chi connectivity index (χ2n) is 15.0. The molecule has 51 heavy (non-hydrogen) atoms. The average Bonchev–Trinajstić information content (AvgIpc) is 3.84. The third kappa shape index (κ3) is 4.80. The van der Waals surface area contributed by atoms with Crippen molar-refractivity contribution in [2.24, 2.45) is 17.8 Å². The van der Waals surface area contributed by atoms with Crippen molar-refractivity contribution in [3.05, 3.63) is 163 Å². The van der Waals surface area contributed by atoms with Gasteiger partial charge in [-0.1, -0.05) is 132 Å². The molecule has 5 unspecified atom stereocenters. The van der Waals surface area contributed by atoms with Crippen molar-refractivity contribution in [3.63, 3.8) is 0 Å². The molecule has 3 radical (unpaired) electrons. The summed E-state index contributed by atoms with van der Waals surface area (Å²) in [7, 11) is -0.0977. The van der Waals surface area contributed by atoms with Gasteiger partial charge in [0, 0.05) is 50.9 Å². The molecule has 5 atom stereocenters. The summed E-state index contributed by atoms with van der Waals surface area (Å²) in [4.78, 5) is 4.11. The Bertz CT molecular complexity index is 2370. The topological polar surface area (TPSA) is 3.24 Å². The minimum absolute atomic E-state index is 0.398. The van der Waals surface area contributed by atoms with Crippen molar-refractivity contribution in [2.75, 3.05) is 4.90 Å². The monoisotopic (exact) mass is 704 g/mol. The van der Waals surface area contributed by atoms with Crippen molar-refractivity contribution in [1.82, 2.24) is 0 Å². The van der Waals surface area contributed by atoms with Gasteiger partial charge in [-0.15, -0.1) is 11.8 Å². The Morgan fingerprint density at radius 2 is 1.59 bits per heavy atom. The van der Waals surface area contributed by atoms with Crippen molar-refractivity contribution < 1.29 is 0 Å². The molecule has 0 saturated carbocycles. The van der Waals surface area contributed by atoms with Crippen LogP contribution in [-0.4, -0.2) is 23.6 Å². The molecular formula is C47H38NSSi2. The van der Waals surface area contributed by atoms with Crippen molar-refractivity contribution in [1.29, 1.82) is 0 Å². The SMILES string of the molecule is C[Si]1c2ccc(N(C3=CCC(C4=CC5C=CC=CC5C=C4)C=C3)c3ccc4c(c3)-c3ccccc3[Si]4)cc2-c2c1ccc1c2SC2C=CCCC12. The third-order valence-corrected chi connectivity index (χ3v) is 17.5. The third-order valence-electron chi connectivity index (χ3n) is 12.2. The molecule has 4 aromatic carbocycles. The molecule has 3 heterocycles. The zero-order valence-corrected chi connectivity index (χ0v) is 31.5. The van der Waals surface area contributed by atoms with Crippen LogP contribution in [0.3, 0.4) is 0 Å². The van der Waals surface area contributed by atoms with E-state index in [1.54, 1.807) is 26.4 Å². The molecule has 3 aliphatic heterocycles. The zero-order valence-electron chi connectivity index (χ0n) is 28.7. The van der Waals surface area contributed by atoms with Gasteiger partial charge in [-0.25, -0.2) is 0 Å². The van der Waals surface area contributed by atoms with Gasteiger partial charge in [-0.3, -0.25) is 0 Å². The largest absolute Gasteiger partial charge is 0.311 e. The average molecular weight is 705 g/mol. The van der Waals surface area contributed by atoms with Gasteiger partial charge in [0.05, 0.1) is 0 Å². The maximum Gasteiger partial charge on any atom is 0.123 e. The molecule has 4 heteroatoms. The molecule has 0 aromatic heterocycles. The number of allylic oxidation sites excluding steroid dienone is 12. The van der Waals surface area contributed by atoms with Gasteiger partial charge in [0.15, 0.2) is 0 Å². The number of fused-ring (bicyclic) bond motifs is 11. The predicted octanol–water partition coefficient (Wildman–Crippen LogP) is 8.90. The van der Waals surface area contributed by atoms with Crippen LogP contribution < -0.4 is 25.6 Å². The van der Waals surface area contributed by atoms with Crippen LogP contribution in [0, 0.1) is 17.8 Å². The number of anilines is 2. The molecule has 0 N–H and O–H groups in total. The quantitative estimate of drug-likeness (QED) is 0.136. The van der Waals surface area contributed by atoms with Crippen LogP contribution in [0.15, 0.2) is 162 Å². The summed E-state index contributed by atoms with van der Waals surface area (Å²) in [5.74, 6) is 2.02. The van der Waals surface area contributed by atoms with Gasteiger partial charge in [0.2, 0.25) is 0 Å². The highest BCUT2D eigenvalue weighted by Gasteiger charge is 2.39. The van der Waals surface area contributed by atoms with Crippen molar-refractivity contribution in [3.8, 4) is 22.3 Å². The lowest BCUT2D eigenvalue weighted by Crippen LogP contribution is -2.34. The molecule has 0 saturated heterocycles. The molecule has 0 fully saturated rings. The molecule has 4 aliphatic carbocycles. The first-order valence-corrected chi connectivity index (χ1v) is 22.5. The number of rotatable bonds is 4. The smallest absolute Gasteiger partial charge is 0.123 e. The molecule has 0 spiro atoms. The highest BCUT2D eigenvalue weighted by molar-refractivity contribution is 8.00. The number of nitrogens with zero attached hydrogens (tertiary/aromatic N) is 1. The first kappa shape index (κ1) is 30.3. The van der Waals surface area contributed by atoms with Crippen LogP contribution in [0.4, 0.5) is 11.4 Å². The van der Waals surface area contributed by atoms with E-state index in [2.05, 4.69) is 169 Å². The molecule has 4 aromatic rings. The summed E-state index contributed by atoms with van der Waals surface area (Å²) in [5, 5.41) is 6.67. The van der Waals surface area contributed by atoms with Crippen LogP contribution in [0.2, 0.25) is 6.55 Å². The molecule has 1 nitrogen and oxygen atoms in total. The van der Waals surface area contributed by atoms with E-state index in [-0.39, 0.29) is 0 Å². The number of benzene rings is 4. The van der Waals surface area contributed by atoms with E-state index >= 15 is 0 Å². The van der Waals surface area contributed by atoms with Crippen LogP contribution >= 0.6 is 11.8 Å². The van der Waals surface area contributed by atoms with Crippen molar-refractivity contribution >= 4 is 62.2 Å². The Kier molecular flexibility index (Phi) is 7.03. The second-order valence-corrected chi connectivity index (χ2v) is 19.8. The van der Waals surface area contributed by atoms with E-state index in [0.29, 0.717) is 28.9 Å². The number of thioether (sulfide) groups is 1. The number of hydrogen-bond acceptors (Lipinski definition) is 2. The highest BCUT2D eigenvalue weighted by atomic mass is 32.2. The fourth-order valence-electron chi connectivity index (χ4n) is 9.53. The Labute approximate surface area is 310 Å². The van der Waals surface area contributed by atoms with Crippen LogP contribution in [0.5, 0.6) is 0 Å². The zero-order chi connectivity index (χ0) is 33.6. The highest BCUT2D eigenvalue weighted by Crippen LogP contribution is 2.53. The summed E-state index contributed by atoms with van der Waals surface area (Å²) < 4.78 is 0. The summed E-state index contributed by atoms with van der Waals surface area (Å²) in [5.41, 5.74) is 12.6. The molecule has 11 rings (SSSR count). The molecule has 245 valence electrons. The lowest BCUT2D eigenvalue weighted by atomic mass is 9.79. The first-order valence-electron chi connectivity index (χ1n) is 18.6. The standard InChI is InChI=1S/C47H38NSSi2/c1-51-44-24-21-35(28-40(44)46-45(51)25-22-38-36-10-4-6-12-41(36)49-47(38)46)48(34-20-23-43-39(27-34)37-11-5-7-13-42(37)50-43)33-18-16-30(17-19-33)32-15-14-29-8-2-3-9-31(29)26-32/h2-3,5-9,11-16,18-31,36,41H,4,10,17H2,1H3. The molecule has 0 amide bonds. The van der Waals surface area contributed by atoms with E-state index in [1.165, 1.54) is 62.6 Å². The van der Waals surface area contributed by atoms with Crippen LogP contribution in [0.25, 0.3) is 22.3 Å². The summed E-state index contributed by atoms with van der Waals surface area (Å²) in [6.07, 6.45) is 32.0. The van der Waals surface area contributed by atoms with Gasteiger partial charge < -0.3 is 4.90 Å². The maximum absolute atomic E-state index is 2.55. The lowest BCUT2D eigenvalue weighted by molar-refractivity contribution is 0.634. The number of hydrogen-bond donors (Lipinski definition) is 0. The van der Waals surface area contributed by atoms with E-state index < -0.39 is 8.80 Å². The molecule has 0 bridgehead atoms. The fourth-order valence-corrected chi connectivity index (χ4v) is 14.8. The Hall–Kier alpha value is -4.36. The van der Waals surface area contributed by atoms with E-state index in [9.17, 15) is 0 Å². The van der Waals surface area contributed by atoms with Crippen molar-refractivity contribution in [2.45, 2.75) is 41.9 Å². The maximum atomic E-state index is 2.55. The Morgan fingerprint density at radius 1 is 0.765 bits per heavy atom. The lowest BCUT2D eigenvalue weighted by Gasteiger charge is -2.31. The first-order chi connectivity index (χ1) is 25.2. The van der Waals surface area contributed by atoms with Gasteiger partial charge >= 0.3 is 0 Å². The van der Waals surface area contributed by atoms with E-state index in [0.717, 1.165) is 15.9 Å². The predicted molar refractivity (Wildman–Crippen MR) is 220 cm³/mol. The Balaban J connectivity index is 1.01. The fraction of sp³-hybridized carbons (Fsp3) is 0.191. The summed E-state index contributed by atoms with van der Waals surface area (Å²) in [6.45, 7) is 2.51. The van der Waals surface area contributed by atoms with Crippen LogP contribution in [0.1, 0.15) is 30.7 Å². The minimum Gasteiger partial charge on any atom is -0.311 e. The van der Waals surface area contributed by atoms with Gasteiger partial charge in [-0.2, -0.15) is 0 Å². The van der Waals surface area contributed by atoms with E-state index in [4.69, 9.17) is 0 Å². The summed E-state index contributed by atoms with van der Waals surface area (Å²) >= 11 is 2.13.